The molecule has 2 nitrogen and oxygen atoms in total. The van der Waals surface area contributed by atoms with Gasteiger partial charge in [0.15, 0.2) is 0 Å². The lowest BCUT2D eigenvalue weighted by Crippen LogP contribution is -2.17. The minimum Gasteiger partial charge on any atom is -0.382 e. The number of hydrogen-bond acceptors (Lipinski definition) is 2. The van der Waals surface area contributed by atoms with Crippen LogP contribution in [-0.2, 0) is 0 Å². The second-order valence-electron chi connectivity index (χ2n) is 5.43. The quantitative estimate of drug-likeness (QED) is 0.871. The summed E-state index contributed by atoms with van der Waals surface area (Å²) in [5.74, 6) is 0. The summed E-state index contributed by atoms with van der Waals surface area (Å²) in [6, 6.07) is 19.2. The molecule has 0 radical (unpaired) electrons. The van der Waals surface area contributed by atoms with Crippen LogP contribution in [0, 0.1) is 0 Å². The minimum atomic E-state index is 0.845. The third-order valence-corrected chi connectivity index (χ3v) is 3.87. The van der Waals surface area contributed by atoms with Crippen LogP contribution in [0.25, 0.3) is 6.08 Å². The highest BCUT2D eigenvalue weighted by Gasteiger charge is 2.11. The first-order valence-electron chi connectivity index (χ1n) is 7.72. The fourth-order valence-electron chi connectivity index (χ4n) is 2.70. The molecule has 0 spiro atoms. The molecule has 1 aliphatic rings. The van der Waals surface area contributed by atoms with Crippen LogP contribution in [0.3, 0.4) is 0 Å². The van der Waals surface area contributed by atoms with Crippen molar-refractivity contribution in [3.05, 3.63) is 66.2 Å². The van der Waals surface area contributed by atoms with E-state index in [0.29, 0.717) is 0 Å². The van der Waals surface area contributed by atoms with Gasteiger partial charge in [-0.15, -0.1) is 0 Å². The maximum Gasteiger partial charge on any atom is 0.0367 e. The minimum absolute atomic E-state index is 0.845. The normalized spacial score (nSPS) is 14.8. The van der Waals surface area contributed by atoms with Crippen LogP contribution < -0.4 is 10.2 Å². The molecule has 1 saturated heterocycles. The van der Waals surface area contributed by atoms with Gasteiger partial charge >= 0.3 is 0 Å². The third-order valence-electron chi connectivity index (χ3n) is 3.87. The highest BCUT2D eigenvalue weighted by Crippen LogP contribution is 2.21. The molecule has 1 N–H and O–H groups in total. The van der Waals surface area contributed by atoms with Crippen molar-refractivity contribution in [1.29, 1.82) is 0 Å². The Balaban J connectivity index is 1.50. The molecule has 1 heterocycles. The van der Waals surface area contributed by atoms with Gasteiger partial charge in [-0.25, -0.2) is 0 Å². The molecule has 1 fully saturated rings. The number of anilines is 2. The predicted octanol–water partition coefficient (Wildman–Crippen LogP) is 4.41. The van der Waals surface area contributed by atoms with Crippen LogP contribution in [0.5, 0.6) is 0 Å². The van der Waals surface area contributed by atoms with E-state index in [4.69, 9.17) is 0 Å². The first-order valence-corrected chi connectivity index (χ1v) is 7.72. The Bertz CT molecular complexity index is 566. The molecule has 0 saturated carbocycles. The topological polar surface area (TPSA) is 15.3 Å². The summed E-state index contributed by atoms with van der Waals surface area (Å²) in [6.45, 7) is 3.25. The Kier molecular flexibility index (Phi) is 4.57. The number of benzene rings is 2. The number of nitrogens with one attached hydrogen (secondary N) is 1. The Morgan fingerprint density at radius 1 is 0.905 bits per heavy atom. The molecule has 2 aromatic rings. The summed E-state index contributed by atoms with van der Waals surface area (Å²) in [4.78, 5) is 2.46. The number of nitrogens with zero attached hydrogens (tertiary/aromatic N) is 1. The lowest BCUT2D eigenvalue weighted by Gasteiger charge is -2.17. The van der Waals surface area contributed by atoms with Crippen molar-refractivity contribution in [3.63, 3.8) is 0 Å². The summed E-state index contributed by atoms with van der Waals surface area (Å²) in [5, 5.41) is 3.43. The Hall–Kier alpha value is -2.22. The first kappa shape index (κ1) is 13.7. The van der Waals surface area contributed by atoms with E-state index in [1.807, 2.05) is 6.07 Å². The molecule has 2 aromatic carbocycles. The van der Waals surface area contributed by atoms with E-state index in [9.17, 15) is 0 Å². The standard InChI is InChI=1S/C19H22N2/c1-2-7-17(8-3-1)9-6-14-20-18-10-12-19(13-11-18)21-15-4-5-16-21/h1-3,6-13,20H,4-5,14-16H2/b9-6+. The van der Waals surface area contributed by atoms with E-state index < -0.39 is 0 Å². The zero-order chi connectivity index (χ0) is 14.3. The number of rotatable bonds is 5. The molecular weight excluding hydrogens is 256 g/mol. The van der Waals surface area contributed by atoms with Gasteiger partial charge in [0.2, 0.25) is 0 Å². The van der Waals surface area contributed by atoms with Crippen molar-refractivity contribution in [2.45, 2.75) is 12.8 Å². The van der Waals surface area contributed by atoms with Crippen LogP contribution in [-0.4, -0.2) is 19.6 Å². The van der Waals surface area contributed by atoms with Crippen LogP contribution >= 0.6 is 0 Å². The molecule has 108 valence electrons. The summed E-state index contributed by atoms with van der Waals surface area (Å²) < 4.78 is 0. The van der Waals surface area contributed by atoms with Crippen molar-refractivity contribution in [1.82, 2.24) is 0 Å². The van der Waals surface area contributed by atoms with Crippen molar-refractivity contribution >= 4 is 17.5 Å². The van der Waals surface area contributed by atoms with Gasteiger partial charge in [0, 0.05) is 31.0 Å². The highest BCUT2D eigenvalue weighted by molar-refractivity contribution is 5.56. The van der Waals surface area contributed by atoms with Gasteiger partial charge in [-0.2, -0.15) is 0 Å². The molecule has 0 amide bonds. The van der Waals surface area contributed by atoms with E-state index >= 15 is 0 Å². The molecule has 0 unspecified atom stereocenters. The average molecular weight is 278 g/mol. The smallest absolute Gasteiger partial charge is 0.0367 e. The Labute approximate surface area is 127 Å². The van der Waals surface area contributed by atoms with Crippen molar-refractivity contribution in [3.8, 4) is 0 Å². The lowest BCUT2D eigenvalue weighted by atomic mass is 10.2. The zero-order valence-electron chi connectivity index (χ0n) is 12.3. The maximum atomic E-state index is 3.43. The molecule has 2 heteroatoms. The van der Waals surface area contributed by atoms with E-state index in [2.05, 4.69) is 70.9 Å². The Morgan fingerprint density at radius 3 is 2.33 bits per heavy atom. The monoisotopic (exact) mass is 278 g/mol. The third kappa shape index (κ3) is 3.88. The summed E-state index contributed by atoms with van der Waals surface area (Å²) in [6.07, 6.45) is 6.95. The molecule has 0 atom stereocenters. The zero-order valence-corrected chi connectivity index (χ0v) is 12.3. The fraction of sp³-hybridized carbons (Fsp3) is 0.263. The van der Waals surface area contributed by atoms with Crippen molar-refractivity contribution in [2.75, 3.05) is 29.9 Å². The van der Waals surface area contributed by atoms with Gasteiger partial charge in [-0.1, -0.05) is 42.5 Å². The van der Waals surface area contributed by atoms with Gasteiger partial charge in [-0.3, -0.25) is 0 Å². The summed E-state index contributed by atoms with van der Waals surface area (Å²) in [5.41, 5.74) is 3.76. The molecule has 0 aliphatic carbocycles. The van der Waals surface area contributed by atoms with Gasteiger partial charge in [-0.05, 0) is 42.7 Å². The summed E-state index contributed by atoms with van der Waals surface area (Å²) in [7, 11) is 0. The van der Waals surface area contributed by atoms with E-state index in [0.717, 1.165) is 6.54 Å². The second-order valence-corrected chi connectivity index (χ2v) is 5.43. The van der Waals surface area contributed by atoms with Crippen molar-refractivity contribution in [2.24, 2.45) is 0 Å². The van der Waals surface area contributed by atoms with Crippen LogP contribution in [0.15, 0.2) is 60.7 Å². The van der Waals surface area contributed by atoms with Gasteiger partial charge in [0.05, 0.1) is 0 Å². The molecule has 0 aromatic heterocycles. The average Bonchev–Trinajstić information content (AvgIpc) is 3.08. The molecule has 3 rings (SSSR count). The predicted molar refractivity (Wildman–Crippen MR) is 91.9 cm³/mol. The molecule has 1 aliphatic heterocycles. The Morgan fingerprint density at radius 2 is 1.62 bits per heavy atom. The molecular formula is C19H22N2. The maximum absolute atomic E-state index is 3.43. The number of hydrogen-bond donors (Lipinski definition) is 1. The first-order chi connectivity index (χ1) is 10.4. The van der Waals surface area contributed by atoms with Crippen LogP contribution in [0.2, 0.25) is 0 Å². The highest BCUT2D eigenvalue weighted by atomic mass is 15.1. The largest absolute Gasteiger partial charge is 0.382 e. The van der Waals surface area contributed by atoms with Gasteiger partial charge in [0.25, 0.3) is 0 Å². The molecule has 21 heavy (non-hydrogen) atoms. The van der Waals surface area contributed by atoms with E-state index in [-0.39, 0.29) is 0 Å². The second kappa shape index (κ2) is 6.98. The molecule has 0 bridgehead atoms. The lowest BCUT2D eigenvalue weighted by molar-refractivity contribution is 0.949. The van der Waals surface area contributed by atoms with E-state index in [1.165, 1.54) is 42.9 Å². The van der Waals surface area contributed by atoms with Crippen LogP contribution in [0.4, 0.5) is 11.4 Å². The van der Waals surface area contributed by atoms with E-state index in [1.54, 1.807) is 0 Å². The van der Waals surface area contributed by atoms with Crippen molar-refractivity contribution < 1.29 is 0 Å². The van der Waals surface area contributed by atoms with Crippen LogP contribution in [0.1, 0.15) is 18.4 Å². The SMILES string of the molecule is C(=C\c1ccccc1)/CNc1ccc(N2CCCC2)cc1. The fourth-order valence-corrected chi connectivity index (χ4v) is 2.70. The summed E-state index contributed by atoms with van der Waals surface area (Å²) >= 11 is 0. The van der Waals surface area contributed by atoms with Gasteiger partial charge < -0.3 is 10.2 Å². The van der Waals surface area contributed by atoms with Gasteiger partial charge in [0.1, 0.15) is 0 Å².